The summed E-state index contributed by atoms with van der Waals surface area (Å²) in [6.45, 7) is 4.81. The molecule has 1 atom stereocenters. The topological polar surface area (TPSA) is 92.8 Å². The molecule has 0 aromatic heterocycles. The fourth-order valence-electron chi connectivity index (χ4n) is 3.01. The predicted octanol–water partition coefficient (Wildman–Crippen LogP) is 1.28. The molecule has 1 aromatic rings. The van der Waals surface area contributed by atoms with Gasteiger partial charge in [-0.25, -0.2) is 12.8 Å². The van der Waals surface area contributed by atoms with Crippen molar-refractivity contribution in [1.29, 1.82) is 0 Å². The molecule has 1 aliphatic rings. The molecule has 0 spiro atoms. The Labute approximate surface area is 154 Å². The first-order valence-corrected chi connectivity index (χ1v) is 9.97. The zero-order valence-corrected chi connectivity index (χ0v) is 16.7. The van der Waals surface area contributed by atoms with Crippen molar-refractivity contribution in [3.8, 4) is 0 Å². The molecule has 1 aromatic carbocycles. The summed E-state index contributed by atoms with van der Waals surface area (Å²) < 4.78 is 38.5. The molecule has 0 radical (unpaired) electrons. The van der Waals surface area contributed by atoms with Gasteiger partial charge in [0.25, 0.3) is 0 Å². The van der Waals surface area contributed by atoms with Crippen LogP contribution in [0.3, 0.4) is 0 Å². The number of carbonyl (C=O) groups excluding carboxylic acids is 1. The molecule has 0 amide bonds. The Hall–Kier alpha value is -1.80. The van der Waals surface area contributed by atoms with E-state index in [0.29, 0.717) is 5.56 Å². The minimum absolute atomic E-state index is 0.0156. The lowest BCUT2D eigenvalue weighted by Gasteiger charge is -2.38. The van der Waals surface area contributed by atoms with E-state index >= 15 is 0 Å². The summed E-state index contributed by atoms with van der Waals surface area (Å²) >= 11 is 0. The zero-order valence-electron chi connectivity index (χ0n) is 15.8. The van der Waals surface area contributed by atoms with Crippen molar-refractivity contribution >= 4 is 21.5 Å². The Morgan fingerprint density at radius 3 is 2.46 bits per heavy atom. The summed E-state index contributed by atoms with van der Waals surface area (Å²) in [7, 11) is -0.0449. The Balaban J connectivity index is 2.46. The minimum atomic E-state index is -3.63. The second-order valence-corrected chi connectivity index (χ2v) is 10.3. The molecule has 26 heavy (non-hydrogen) atoms. The Kier molecular flexibility index (Phi) is 5.31. The van der Waals surface area contributed by atoms with Crippen molar-refractivity contribution < 1.29 is 17.6 Å². The lowest BCUT2D eigenvalue weighted by atomic mass is 9.91. The smallest absolute Gasteiger partial charge is 0.165 e. The van der Waals surface area contributed by atoms with E-state index in [2.05, 4.69) is 4.99 Å². The number of carbonyl (C=O) groups is 1. The number of ketones is 1. The number of hydrogen-bond donors (Lipinski definition) is 1. The maximum Gasteiger partial charge on any atom is 0.165 e. The standard InChI is InChI=1S/C18H26FN3O3S/c1-17(2)16(20)21-18(3,11-26(17,24)25)14-9-12(6-7-15(14)19)8-13(23)10-22(4)5/h6-7,9H,8,10-11H2,1-5H3,(H2,20,21)/t18-/m0/s1. The number of likely N-dealkylation sites (N-methyl/N-ethyl adjacent to an activating group) is 1. The van der Waals surface area contributed by atoms with Gasteiger partial charge in [0.2, 0.25) is 0 Å². The molecule has 2 N–H and O–H groups in total. The van der Waals surface area contributed by atoms with Crippen molar-refractivity contribution in [1.82, 2.24) is 4.90 Å². The molecule has 0 aliphatic carbocycles. The second-order valence-electron chi connectivity index (χ2n) is 7.81. The summed E-state index contributed by atoms with van der Waals surface area (Å²) in [4.78, 5) is 18.1. The van der Waals surface area contributed by atoms with E-state index in [1.165, 1.54) is 32.0 Å². The molecule has 2 rings (SSSR count). The lowest BCUT2D eigenvalue weighted by molar-refractivity contribution is -0.119. The van der Waals surface area contributed by atoms with Crippen LogP contribution < -0.4 is 5.73 Å². The van der Waals surface area contributed by atoms with Crippen molar-refractivity contribution in [2.24, 2.45) is 10.7 Å². The van der Waals surface area contributed by atoms with Crippen LogP contribution in [0.15, 0.2) is 23.2 Å². The van der Waals surface area contributed by atoms with Crippen LogP contribution >= 0.6 is 0 Å². The normalized spacial score (nSPS) is 24.3. The number of halogens is 1. The number of Topliss-reactive ketones (excluding diaryl/α,β-unsaturated/α-hetero) is 1. The third-order valence-corrected chi connectivity index (χ3v) is 7.44. The fourth-order valence-corrected chi connectivity index (χ4v) is 4.70. The number of sulfone groups is 1. The highest BCUT2D eigenvalue weighted by Crippen LogP contribution is 2.38. The van der Waals surface area contributed by atoms with Gasteiger partial charge in [-0.2, -0.15) is 0 Å². The van der Waals surface area contributed by atoms with Crippen LogP contribution in [0, 0.1) is 5.82 Å². The minimum Gasteiger partial charge on any atom is -0.386 e. The van der Waals surface area contributed by atoms with Crippen LogP contribution in [-0.2, 0) is 26.6 Å². The van der Waals surface area contributed by atoms with E-state index in [9.17, 15) is 17.6 Å². The third kappa shape index (κ3) is 3.81. The van der Waals surface area contributed by atoms with E-state index in [-0.39, 0.29) is 35.9 Å². The first-order valence-electron chi connectivity index (χ1n) is 8.32. The number of amidine groups is 1. The molecule has 0 saturated carbocycles. The molecule has 1 heterocycles. The highest BCUT2D eigenvalue weighted by atomic mass is 32.2. The quantitative estimate of drug-likeness (QED) is 0.827. The van der Waals surface area contributed by atoms with Gasteiger partial charge >= 0.3 is 0 Å². The average molecular weight is 383 g/mol. The Morgan fingerprint density at radius 1 is 1.31 bits per heavy atom. The highest BCUT2D eigenvalue weighted by molar-refractivity contribution is 7.93. The van der Waals surface area contributed by atoms with Crippen LogP contribution in [0.2, 0.25) is 0 Å². The van der Waals surface area contributed by atoms with Crippen LogP contribution in [0.25, 0.3) is 0 Å². The molecule has 0 unspecified atom stereocenters. The predicted molar refractivity (Wildman–Crippen MR) is 101 cm³/mol. The average Bonchev–Trinajstić information content (AvgIpc) is 2.46. The number of nitrogens with two attached hydrogens (primary N) is 1. The molecular weight excluding hydrogens is 357 g/mol. The molecule has 0 bridgehead atoms. The van der Waals surface area contributed by atoms with Crippen molar-refractivity contribution in [3.05, 3.63) is 35.1 Å². The van der Waals surface area contributed by atoms with Gasteiger partial charge in [-0.3, -0.25) is 9.79 Å². The van der Waals surface area contributed by atoms with Crippen molar-refractivity contribution in [2.75, 3.05) is 26.4 Å². The largest absolute Gasteiger partial charge is 0.386 e. The molecule has 0 fully saturated rings. The lowest BCUT2D eigenvalue weighted by Crippen LogP contribution is -2.55. The first kappa shape index (κ1) is 20.5. The van der Waals surface area contributed by atoms with E-state index in [0.717, 1.165) is 0 Å². The van der Waals surface area contributed by atoms with Gasteiger partial charge in [0, 0.05) is 12.0 Å². The zero-order chi connectivity index (χ0) is 19.9. The van der Waals surface area contributed by atoms with E-state index in [4.69, 9.17) is 5.73 Å². The van der Waals surface area contributed by atoms with Gasteiger partial charge in [0.1, 0.15) is 21.9 Å². The molecule has 0 saturated heterocycles. The monoisotopic (exact) mass is 383 g/mol. The highest BCUT2D eigenvalue weighted by Gasteiger charge is 2.49. The van der Waals surface area contributed by atoms with Gasteiger partial charge in [0.15, 0.2) is 15.6 Å². The molecule has 1 aliphatic heterocycles. The van der Waals surface area contributed by atoms with Crippen LogP contribution in [-0.4, -0.2) is 56.1 Å². The molecule has 144 valence electrons. The molecule has 8 heteroatoms. The molecule has 6 nitrogen and oxygen atoms in total. The number of hydrogen-bond acceptors (Lipinski definition) is 6. The third-order valence-electron chi connectivity index (χ3n) is 4.74. The number of benzene rings is 1. The van der Waals surface area contributed by atoms with Gasteiger partial charge in [0.05, 0.1) is 12.3 Å². The number of aliphatic imine (C=N–C) groups is 1. The van der Waals surface area contributed by atoms with Crippen LogP contribution in [0.4, 0.5) is 4.39 Å². The fraction of sp³-hybridized carbons (Fsp3) is 0.556. The SMILES string of the molecule is CN(C)CC(=O)Cc1ccc(F)c([C@]2(C)CS(=O)(=O)C(C)(C)C(N)=N2)c1. The number of nitrogens with zero attached hydrogens (tertiary/aromatic N) is 2. The Morgan fingerprint density at radius 2 is 1.92 bits per heavy atom. The summed E-state index contributed by atoms with van der Waals surface area (Å²) in [5.41, 5.74) is 5.33. The van der Waals surface area contributed by atoms with E-state index in [1.54, 1.807) is 25.9 Å². The molecular formula is C18H26FN3O3S. The van der Waals surface area contributed by atoms with Crippen LogP contribution in [0.5, 0.6) is 0 Å². The summed E-state index contributed by atoms with van der Waals surface area (Å²) in [5.74, 6) is -0.972. The summed E-state index contributed by atoms with van der Waals surface area (Å²) in [6, 6.07) is 4.30. The summed E-state index contributed by atoms with van der Waals surface area (Å²) in [6.07, 6.45) is 0.138. The second kappa shape index (κ2) is 6.74. The van der Waals surface area contributed by atoms with E-state index in [1.807, 2.05) is 0 Å². The van der Waals surface area contributed by atoms with Gasteiger partial charge < -0.3 is 10.6 Å². The van der Waals surface area contributed by atoms with E-state index < -0.39 is 25.9 Å². The van der Waals surface area contributed by atoms with Crippen LogP contribution in [0.1, 0.15) is 31.9 Å². The van der Waals surface area contributed by atoms with Crippen molar-refractivity contribution in [3.63, 3.8) is 0 Å². The Bertz CT molecular complexity index is 862. The number of rotatable bonds is 5. The van der Waals surface area contributed by atoms with Crippen molar-refractivity contribution in [2.45, 2.75) is 37.5 Å². The summed E-state index contributed by atoms with van der Waals surface area (Å²) in [5, 5.41) is 0. The van der Waals surface area contributed by atoms with Gasteiger partial charge in [-0.15, -0.1) is 0 Å². The maximum atomic E-state index is 14.5. The van der Waals surface area contributed by atoms with Gasteiger partial charge in [-0.1, -0.05) is 6.07 Å². The first-order chi connectivity index (χ1) is 11.8. The van der Waals surface area contributed by atoms with Gasteiger partial charge in [-0.05, 0) is 52.6 Å². The maximum absolute atomic E-state index is 14.5.